The molecule has 4 nitrogen and oxygen atoms in total. The summed E-state index contributed by atoms with van der Waals surface area (Å²) in [5.74, 6) is 7.09. The summed E-state index contributed by atoms with van der Waals surface area (Å²) in [6.45, 7) is 0. The molecule has 10 rings (SSSR count). The van der Waals surface area contributed by atoms with Crippen molar-refractivity contribution in [2.45, 2.75) is 141 Å². The molecule has 2 N–H and O–H groups in total. The Balaban J connectivity index is 0.981. The van der Waals surface area contributed by atoms with Gasteiger partial charge in [0, 0.05) is 22.9 Å². The highest BCUT2D eigenvalue weighted by Gasteiger charge is 2.56. The molecule has 10 fully saturated rings. The van der Waals surface area contributed by atoms with Crippen molar-refractivity contribution in [1.82, 2.24) is 10.6 Å². The van der Waals surface area contributed by atoms with E-state index in [4.69, 9.17) is 0 Å². The quantitative estimate of drug-likeness (QED) is 0.420. The van der Waals surface area contributed by atoms with Gasteiger partial charge >= 0.3 is 0 Å². The average Bonchev–Trinajstić information content (AvgIpc) is 2.87. The third-order valence-electron chi connectivity index (χ3n) is 13.8. The number of hydrogen-bond donors (Lipinski definition) is 2. The Labute approximate surface area is 230 Å². The zero-order valence-electron chi connectivity index (χ0n) is 23.7. The zero-order chi connectivity index (χ0) is 25.5. The third-order valence-corrected chi connectivity index (χ3v) is 13.8. The van der Waals surface area contributed by atoms with Gasteiger partial charge in [0.05, 0.1) is 0 Å². The summed E-state index contributed by atoms with van der Waals surface area (Å²) in [4.78, 5) is 28.0. The molecule has 0 aliphatic heterocycles. The lowest BCUT2D eigenvalue weighted by Gasteiger charge is -2.56. The molecule has 210 valence electrons. The van der Waals surface area contributed by atoms with Crippen molar-refractivity contribution >= 4 is 11.8 Å². The molecule has 10 saturated carbocycles. The second kappa shape index (κ2) is 9.23. The molecule has 2 unspecified atom stereocenters. The topological polar surface area (TPSA) is 58.2 Å². The summed E-state index contributed by atoms with van der Waals surface area (Å²) in [5.41, 5.74) is -0.130. The Morgan fingerprint density at radius 2 is 0.816 bits per heavy atom. The molecule has 10 aliphatic carbocycles. The monoisotopic (exact) mass is 520 g/mol. The largest absolute Gasteiger partial charge is 0.353 e. The predicted molar refractivity (Wildman–Crippen MR) is 149 cm³/mol. The van der Waals surface area contributed by atoms with E-state index in [9.17, 15) is 9.59 Å². The number of rotatable bonds is 5. The Bertz CT molecular complexity index is 814. The summed E-state index contributed by atoms with van der Waals surface area (Å²) in [6.07, 6.45) is 25.3. The lowest BCUT2D eigenvalue weighted by Crippen LogP contribution is -2.59. The Kier molecular flexibility index (Phi) is 6.00. The summed E-state index contributed by atoms with van der Waals surface area (Å²) >= 11 is 0. The maximum atomic E-state index is 14.0. The fraction of sp³-hybridized carbons (Fsp3) is 0.941. The average molecular weight is 521 g/mol. The van der Waals surface area contributed by atoms with Crippen molar-refractivity contribution in [2.24, 2.45) is 58.2 Å². The van der Waals surface area contributed by atoms with Gasteiger partial charge in [0.2, 0.25) is 11.8 Å². The SMILES string of the molecule is O=C(NC1CC(NC(=O)C23CC4CC(CC(C4)C2)C3)CC(C2CCCCC2)C1)C12CC3CC(CC(C3)C1)C2. The van der Waals surface area contributed by atoms with Gasteiger partial charge < -0.3 is 10.6 Å². The van der Waals surface area contributed by atoms with E-state index in [1.165, 1.54) is 70.6 Å². The van der Waals surface area contributed by atoms with Crippen molar-refractivity contribution in [1.29, 1.82) is 0 Å². The summed E-state index contributed by atoms with van der Waals surface area (Å²) in [5, 5.41) is 7.39. The first-order valence-corrected chi connectivity index (χ1v) is 17.1. The van der Waals surface area contributed by atoms with Crippen LogP contribution in [0.15, 0.2) is 0 Å². The Morgan fingerprint density at radius 1 is 0.447 bits per heavy atom. The van der Waals surface area contributed by atoms with Gasteiger partial charge in [-0.2, -0.15) is 0 Å². The van der Waals surface area contributed by atoms with Crippen LogP contribution in [0.1, 0.15) is 128 Å². The van der Waals surface area contributed by atoms with Crippen LogP contribution >= 0.6 is 0 Å². The van der Waals surface area contributed by atoms with Crippen molar-refractivity contribution in [3.63, 3.8) is 0 Å². The van der Waals surface area contributed by atoms with Crippen molar-refractivity contribution in [2.75, 3.05) is 0 Å². The summed E-state index contributed by atoms with van der Waals surface area (Å²) in [6, 6.07) is 0.496. The van der Waals surface area contributed by atoms with Crippen molar-refractivity contribution < 1.29 is 9.59 Å². The number of amides is 2. The van der Waals surface area contributed by atoms with E-state index in [0.29, 0.717) is 17.7 Å². The number of nitrogens with one attached hydrogen (secondary N) is 2. The minimum atomic E-state index is -0.0650. The van der Waals surface area contributed by atoms with E-state index in [-0.39, 0.29) is 22.9 Å². The van der Waals surface area contributed by atoms with Crippen LogP contribution in [0.3, 0.4) is 0 Å². The van der Waals surface area contributed by atoms with E-state index in [0.717, 1.165) is 99.2 Å². The van der Waals surface area contributed by atoms with Gasteiger partial charge in [-0.05, 0) is 144 Å². The van der Waals surface area contributed by atoms with E-state index in [2.05, 4.69) is 10.6 Å². The van der Waals surface area contributed by atoms with Crippen LogP contribution in [0.2, 0.25) is 0 Å². The number of carbonyl (C=O) groups excluding carboxylic acids is 2. The maximum Gasteiger partial charge on any atom is 0.226 e. The van der Waals surface area contributed by atoms with Gasteiger partial charge in [-0.15, -0.1) is 0 Å². The van der Waals surface area contributed by atoms with Crippen molar-refractivity contribution in [3.8, 4) is 0 Å². The molecular formula is C34H52N2O2. The normalized spacial score (nSPS) is 51.2. The molecule has 0 heterocycles. The van der Waals surface area contributed by atoms with Crippen LogP contribution < -0.4 is 10.6 Å². The second-order valence-electron chi connectivity index (χ2n) is 16.6. The fourth-order valence-corrected chi connectivity index (χ4v) is 13.0. The van der Waals surface area contributed by atoms with Gasteiger partial charge in [-0.3, -0.25) is 9.59 Å². The van der Waals surface area contributed by atoms with Crippen molar-refractivity contribution in [3.05, 3.63) is 0 Å². The van der Waals surface area contributed by atoms with E-state index < -0.39 is 0 Å². The van der Waals surface area contributed by atoms with E-state index in [1.807, 2.05) is 0 Å². The first-order valence-electron chi connectivity index (χ1n) is 17.1. The summed E-state index contributed by atoms with van der Waals surface area (Å²) in [7, 11) is 0. The van der Waals surface area contributed by atoms with Gasteiger partial charge in [0.25, 0.3) is 0 Å². The lowest BCUT2D eigenvalue weighted by molar-refractivity contribution is -0.148. The van der Waals surface area contributed by atoms with Crippen LogP contribution in [0.25, 0.3) is 0 Å². The smallest absolute Gasteiger partial charge is 0.226 e. The molecule has 0 aromatic rings. The van der Waals surface area contributed by atoms with Crippen LogP contribution in [-0.4, -0.2) is 23.9 Å². The predicted octanol–water partition coefficient (Wildman–Crippen LogP) is 6.77. The molecule has 2 amide bonds. The van der Waals surface area contributed by atoms with Crippen LogP contribution in [0.5, 0.6) is 0 Å². The van der Waals surface area contributed by atoms with Crippen LogP contribution in [0.4, 0.5) is 0 Å². The standard InChI is InChI=1S/C34H52N2O2/c37-31(33-15-21-6-22(16-33)8-23(7-21)17-33)35-29-12-28(27-4-2-1-3-5-27)13-30(14-29)36-32(38)34-18-24-9-25(19-34)11-26(10-24)20-34/h21-30H,1-20H2,(H,35,37)(H,36,38). The van der Waals surface area contributed by atoms with Gasteiger partial charge in [-0.25, -0.2) is 0 Å². The highest BCUT2D eigenvalue weighted by Crippen LogP contribution is 2.61. The van der Waals surface area contributed by atoms with Gasteiger partial charge in [-0.1, -0.05) is 32.1 Å². The summed E-state index contributed by atoms with van der Waals surface area (Å²) < 4.78 is 0. The molecule has 4 heteroatoms. The Morgan fingerprint density at radius 3 is 1.18 bits per heavy atom. The number of hydrogen-bond acceptors (Lipinski definition) is 2. The first-order chi connectivity index (χ1) is 18.4. The van der Waals surface area contributed by atoms with Gasteiger partial charge in [0.15, 0.2) is 0 Å². The first kappa shape index (κ1) is 24.7. The highest BCUT2D eigenvalue weighted by atomic mass is 16.2. The van der Waals surface area contributed by atoms with E-state index >= 15 is 0 Å². The molecule has 0 spiro atoms. The molecule has 0 radical (unpaired) electrons. The molecular weight excluding hydrogens is 468 g/mol. The fourth-order valence-electron chi connectivity index (χ4n) is 13.0. The highest BCUT2D eigenvalue weighted by molar-refractivity contribution is 5.84. The van der Waals surface area contributed by atoms with E-state index in [1.54, 1.807) is 0 Å². The molecule has 2 atom stereocenters. The molecule has 0 saturated heterocycles. The third kappa shape index (κ3) is 4.28. The zero-order valence-corrected chi connectivity index (χ0v) is 23.7. The molecule has 8 bridgehead atoms. The Hall–Kier alpha value is -1.06. The van der Waals surface area contributed by atoms with Crippen LogP contribution in [-0.2, 0) is 9.59 Å². The lowest BCUT2D eigenvalue weighted by atomic mass is 9.49. The molecule has 10 aliphatic rings. The molecule has 0 aromatic heterocycles. The number of carbonyl (C=O) groups is 2. The van der Waals surface area contributed by atoms with Gasteiger partial charge in [0.1, 0.15) is 0 Å². The maximum absolute atomic E-state index is 14.0. The molecule has 38 heavy (non-hydrogen) atoms. The van der Waals surface area contributed by atoms with Crippen LogP contribution in [0, 0.1) is 58.2 Å². The second-order valence-corrected chi connectivity index (χ2v) is 16.6. The minimum Gasteiger partial charge on any atom is -0.353 e. The minimum absolute atomic E-state index is 0.0650. The molecule has 0 aromatic carbocycles.